The van der Waals surface area contributed by atoms with Crippen molar-refractivity contribution in [2.24, 2.45) is 5.73 Å². The summed E-state index contributed by atoms with van der Waals surface area (Å²) in [6, 6.07) is -0.738. The van der Waals surface area contributed by atoms with Crippen LogP contribution in [0.5, 0.6) is 0 Å². The largest absolute Gasteiger partial charge is 0.480 e. The quantitative estimate of drug-likeness (QED) is 0.347. The smallest absolute Gasteiger partial charge is 0.322 e. The fraction of sp³-hybridized carbons (Fsp3) is 0.571. The Bertz CT molecular complexity index is 198. The molecule has 6 nitrogen and oxygen atoms in total. The number of thiol groups is 1. The lowest BCUT2D eigenvalue weighted by atomic mass is 10.3. The van der Waals surface area contributed by atoms with Gasteiger partial charge in [0.25, 0.3) is 0 Å². The van der Waals surface area contributed by atoms with Crippen molar-refractivity contribution < 1.29 is 19.5 Å². The number of aliphatic carboxylic acids is 1. The van der Waals surface area contributed by atoms with E-state index in [1.165, 1.54) is 6.92 Å². The van der Waals surface area contributed by atoms with Crippen molar-refractivity contribution in [2.75, 3.05) is 12.3 Å². The molecule has 0 aliphatic rings. The molecule has 4 N–H and O–H groups in total. The molecular weight excluding hydrogens is 208 g/mol. The van der Waals surface area contributed by atoms with Crippen molar-refractivity contribution in [3.63, 3.8) is 0 Å². The van der Waals surface area contributed by atoms with Gasteiger partial charge in [-0.3, -0.25) is 9.59 Å². The molecule has 0 bridgehead atoms. The van der Waals surface area contributed by atoms with Gasteiger partial charge >= 0.3 is 5.97 Å². The van der Waals surface area contributed by atoms with Gasteiger partial charge in [-0.05, 0) is 6.92 Å². The lowest BCUT2D eigenvalue weighted by Crippen LogP contribution is -2.43. The molecule has 0 radical (unpaired) electrons. The number of carboxylic acid groups (broad SMARTS) is 1. The third kappa shape index (κ3) is 10.9. The van der Waals surface area contributed by atoms with Crippen LogP contribution in [-0.4, -0.2) is 41.6 Å². The summed E-state index contributed by atoms with van der Waals surface area (Å²) in [5.74, 6) is -1.39. The number of hydrogen-bond donors (Lipinski definition) is 4. The number of aldehydes is 1. The minimum absolute atomic E-state index is 0.200. The maximum absolute atomic E-state index is 10.7. The van der Waals surface area contributed by atoms with Crippen LogP contribution in [0.1, 0.15) is 6.92 Å². The van der Waals surface area contributed by atoms with E-state index in [0.29, 0.717) is 0 Å². The van der Waals surface area contributed by atoms with E-state index in [4.69, 9.17) is 15.6 Å². The van der Waals surface area contributed by atoms with Crippen molar-refractivity contribution in [3.05, 3.63) is 0 Å². The number of carbonyl (C=O) groups is 3. The minimum Gasteiger partial charge on any atom is -0.480 e. The third-order valence-electron chi connectivity index (χ3n) is 0.947. The monoisotopic (exact) mass is 222 g/mol. The summed E-state index contributed by atoms with van der Waals surface area (Å²) in [5, 5.41) is 10.3. The molecular formula is C7H14N2O4S. The fourth-order valence-electron chi connectivity index (χ4n) is 0.377. The van der Waals surface area contributed by atoms with Crippen LogP contribution in [0.2, 0.25) is 0 Å². The van der Waals surface area contributed by atoms with E-state index in [9.17, 15) is 9.59 Å². The highest BCUT2D eigenvalue weighted by atomic mass is 32.1. The fourth-order valence-corrected chi connectivity index (χ4v) is 0.543. The summed E-state index contributed by atoms with van der Waals surface area (Å²) in [4.78, 5) is 29.5. The van der Waals surface area contributed by atoms with Gasteiger partial charge in [0.15, 0.2) is 0 Å². The zero-order valence-electron chi connectivity index (χ0n) is 7.77. The molecule has 0 spiro atoms. The second-order valence-electron chi connectivity index (χ2n) is 2.14. The molecule has 0 aromatic heterocycles. The molecule has 0 aromatic rings. The van der Waals surface area contributed by atoms with E-state index in [2.05, 4.69) is 17.9 Å². The van der Waals surface area contributed by atoms with Crippen LogP contribution in [-0.2, 0) is 14.4 Å². The molecule has 0 aliphatic carbocycles. The Hall–Kier alpha value is -1.08. The van der Waals surface area contributed by atoms with Gasteiger partial charge in [-0.15, -0.1) is 0 Å². The lowest BCUT2D eigenvalue weighted by molar-refractivity contribution is -0.138. The molecule has 82 valence electrons. The maximum Gasteiger partial charge on any atom is 0.322 e. The number of carbonyl (C=O) groups excluding carboxylic acids is 2. The highest BCUT2D eigenvalue weighted by Gasteiger charge is 2.11. The molecule has 0 aromatic carbocycles. The van der Waals surface area contributed by atoms with Crippen LogP contribution in [0.15, 0.2) is 0 Å². The summed E-state index contributed by atoms with van der Waals surface area (Å²) in [7, 11) is 0. The summed E-state index contributed by atoms with van der Waals surface area (Å²) in [6.45, 7) is 1.04. The standard InChI is InChI=1S/C5H10N2O3S.C2H4O/c6-3(2-11)5(10)7-1-4(8)9;1-2-3/h3,11H,1-2,6H2,(H,7,10)(H,8,9);2H,1H3/t3-;/m0./s1. The van der Waals surface area contributed by atoms with Crippen molar-refractivity contribution in [3.8, 4) is 0 Å². The second kappa shape index (κ2) is 10.0. The molecule has 0 rings (SSSR count). The average Bonchev–Trinajstić information content (AvgIpc) is 2.14. The van der Waals surface area contributed by atoms with E-state index >= 15 is 0 Å². The van der Waals surface area contributed by atoms with Gasteiger partial charge in [0.2, 0.25) is 5.91 Å². The van der Waals surface area contributed by atoms with Crippen molar-refractivity contribution >= 4 is 30.8 Å². The van der Waals surface area contributed by atoms with Crippen LogP contribution >= 0.6 is 12.6 Å². The summed E-state index contributed by atoms with van der Waals surface area (Å²) < 4.78 is 0. The molecule has 0 saturated heterocycles. The molecule has 0 aliphatic heterocycles. The third-order valence-corrected chi connectivity index (χ3v) is 1.34. The first-order valence-corrected chi connectivity index (χ1v) is 4.38. The van der Waals surface area contributed by atoms with Gasteiger partial charge in [0.1, 0.15) is 12.8 Å². The maximum atomic E-state index is 10.7. The highest BCUT2D eigenvalue weighted by molar-refractivity contribution is 7.80. The van der Waals surface area contributed by atoms with Crippen LogP contribution < -0.4 is 11.1 Å². The van der Waals surface area contributed by atoms with Gasteiger partial charge in [-0.1, -0.05) is 0 Å². The number of hydrogen-bond acceptors (Lipinski definition) is 5. The topological polar surface area (TPSA) is 109 Å². The zero-order valence-corrected chi connectivity index (χ0v) is 8.66. The van der Waals surface area contributed by atoms with Crippen molar-refractivity contribution in [2.45, 2.75) is 13.0 Å². The Balaban J connectivity index is 0. The van der Waals surface area contributed by atoms with Gasteiger partial charge in [-0.25, -0.2) is 0 Å². The number of amides is 1. The molecule has 7 heteroatoms. The second-order valence-corrected chi connectivity index (χ2v) is 2.50. The summed E-state index contributed by atoms with van der Waals surface area (Å²) in [6.07, 6.45) is 0.750. The van der Waals surface area contributed by atoms with Gasteiger partial charge in [0, 0.05) is 5.75 Å². The first-order valence-electron chi connectivity index (χ1n) is 3.75. The van der Waals surface area contributed by atoms with E-state index < -0.39 is 24.5 Å². The van der Waals surface area contributed by atoms with Crippen LogP contribution in [0.4, 0.5) is 0 Å². The first-order chi connectivity index (χ1) is 6.49. The Labute approximate surface area is 87.3 Å². The molecule has 14 heavy (non-hydrogen) atoms. The number of nitrogens with one attached hydrogen (secondary N) is 1. The van der Waals surface area contributed by atoms with Crippen LogP contribution in [0, 0.1) is 0 Å². The summed E-state index contributed by atoms with van der Waals surface area (Å²) in [5.41, 5.74) is 5.22. The Morgan fingerprint density at radius 3 is 2.36 bits per heavy atom. The molecule has 0 saturated carbocycles. The number of carboxylic acids is 1. The average molecular weight is 222 g/mol. The zero-order chi connectivity index (χ0) is 11.6. The lowest BCUT2D eigenvalue weighted by Gasteiger charge is -2.06. The van der Waals surface area contributed by atoms with Crippen molar-refractivity contribution in [1.82, 2.24) is 5.32 Å². The predicted octanol–water partition coefficient (Wildman–Crippen LogP) is -1.35. The molecule has 0 fully saturated rings. The Morgan fingerprint density at radius 1 is 1.64 bits per heavy atom. The predicted molar refractivity (Wildman–Crippen MR) is 54.2 cm³/mol. The number of nitrogens with two attached hydrogens (primary N) is 1. The molecule has 1 atom stereocenters. The van der Waals surface area contributed by atoms with Gasteiger partial charge < -0.3 is 21.0 Å². The first kappa shape index (κ1) is 15.4. The van der Waals surface area contributed by atoms with E-state index in [1.54, 1.807) is 0 Å². The highest BCUT2D eigenvalue weighted by Crippen LogP contribution is 1.82. The van der Waals surface area contributed by atoms with Crippen LogP contribution in [0.25, 0.3) is 0 Å². The number of rotatable bonds is 4. The molecule has 0 unspecified atom stereocenters. The van der Waals surface area contributed by atoms with E-state index in [1.807, 2.05) is 0 Å². The SMILES string of the molecule is CC=O.N[C@@H](CS)C(=O)NCC(=O)O. The minimum atomic E-state index is -1.09. The van der Waals surface area contributed by atoms with E-state index in [0.717, 1.165) is 6.29 Å². The Kier molecular flexibility index (Phi) is 11.0. The van der Waals surface area contributed by atoms with Gasteiger partial charge in [-0.2, -0.15) is 12.6 Å². The van der Waals surface area contributed by atoms with Crippen molar-refractivity contribution in [1.29, 1.82) is 0 Å². The van der Waals surface area contributed by atoms with E-state index in [-0.39, 0.29) is 5.75 Å². The Morgan fingerprint density at radius 2 is 2.07 bits per heavy atom. The summed E-state index contributed by atoms with van der Waals surface area (Å²) >= 11 is 3.77. The van der Waals surface area contributed by atoms with Gasteiger partial charge in [0.05, 0.1) is 6.04 Å². The molecule has 0 heterocycles. The van der Waals surface area contributed by atoms with Crippen LogP contribution in [0.3, 0.4) is 0 Å². The normalized spacial score (nSPS) is 10.5. The molecule has 1 amide bonds.